The fraction of sp³-hybridized carbons (Fsp3) is 0.444. The van der Waals surface area contributed by atoms with E-state index in [1.54, 1.807) is 6.33 Å². The maximum absolute atomic E-state index is 4.61. The standard InChI is InChI=1S/C18H23N7/c1-12-4-5-15-14(10-12)17(20-11-19-15)25-8-6-13(7-9-25)16-21-18(23-22-16)24(2)3/h4-5,10-11,13H,6-9H2,1-3H3,(H,21,22,23). The summed E-state index contributed by atoms with van der Waals surface area (Å²) in [6.45, 7) is 4.03. The van der Waals surface area contributed by atoms with Crippen molar-refractivity contribution in [2.75, 3.05) is 37.0 Å². The number of aromatic nitrogens is 5. The van der Waals surface area contributed by atoms with Gasteiger partial charge in [0, 0.05) is 38.5 Å². The van der Waals surface area contributed by atoms with E-state index in [1.807, 2.05) is 19.0 Å². The van der Waals surface area contributed by atoms with E-state index in [1.165, 1.54) is 5.56 Å². The molecule has 1 aliphatic heterocycles. The Balaban J connectivity index is 1.53. The van der Waals surface area contributed by atoms with Gasteiger partial charge in [0.1, 0.15) is 18.0 Å². The first-order chi connectivity index (χ1) is 12.1. The number of rotatable bonds is 3. The maximum atomic E-state index is 4.61. The Bertz CT molecular complexity index is 878. The fourth-order valence-corrected chi connectivity index (χ4v) is 3.42. The van der Waals surface area contributed by atoms with Gasteiger partial charge in [-0.15, -0.1) is 5.10 Å². The number of hydrogen-bond donors (Lipinski definition) is 1. The highest BCUT2D eigenvalue weighted by Gasteiger charge is 2.25. The second-order valence-electron chi connectivity index (χ2n) is 6.89. The number of nitrogens with zero attached hydrogens (tertiary/aromatic N) is 6. The van der Waals surface area contributed by atoms with Crippen LogP contribution >= 0.6 is 0 Å². The van der Waals surface area contributed by atoms with E-state index >= 15 is 0 Å². The SMILES string of the molecule is Cc1ccc2ncnc(N3CCC(c4nc(N(C)C)n[nH]4)CC3)c2c1. The highest BCUT2D eigenvalue weighted by molar-refractivity contribution is 5.89. The van der Waals surface area contributed by atoms with Crippen molar-refractivity contribution in [3.8, 4) is 0 Å². The van der Waals surface area contributed by atoms with Crippen LogP contribution in [0.1, 0.15) is 30.1 Å². The Morgan fingerprint density at radius 1 is 1.16 bits per heavy atom. The van der Waals surface area contributed by atoms with Crippen LogP contribution in [0.4, 0.5) is 11.8 Å². The molecule has 0 spiro atoms. The molecule has 2 aromatic heterocycles. The lowest BCUT2D eigenvalue weighted by Crippen LogP contribution is -2.34. The summed E-state index contributed by atoms with van der Waals surface area (Å²) < 4.78 is 0. The third-order valence-corrected chi connectivity index (χ3v) is 4.84. The van der Waals surface area contributed by atoms with E-state index in [4.69, 9.17) is 0 Å². The topological polar surface area (TPSA) is 73.8 Å². The molecule has 7 heteroatoms. The molecule has 25 heavy (non-hydrogen) atoms. The minimum absolute atomic E-state index is 0.423. The molecule has 0 saturated carbocycles. The second kappa shape index (κ2) is 6.31. The molecule has 7 nitrogen and oxygen atoms in total. The number of hydrogen-bond acceptors (Lipinski definition) is 6. The van der Waals surface area contributed by atoms with Crippen LogP contribution in [0.25, 0.3) is 10.9 Å². The van der Waals surface area contributed by atoms with E-state index in [2.05, 4.69) is 55.2 Å². The van der Waals surface area contributed by atoms with Gasteiger partial charge in [-0.25, -0.2) is 9.97 Å². The number of anilines is 2. The summed E-state index contributed by atoms with van der Waals surface area (Å²) in [5, 5.41) is 8.51. The summed E-state index contributed by atoms with van der Waals surface area (Å²) in [5.41, 5.74) is 2.24. The first-order valence-electron chi connectivity index (χ1n) is 8.68. The number of aromatic amines is 1. The van der Waals surface area contributed by atoms with E-state index in [0.717, 1.165) is 54.4 Å². The van der Waals surface area contributed by atoms with Crippen molar-refractivity contribution < 1.29 is 0 Å². The average Bonchev–Trinajstić information content (AvgIpc) is 3.12. The van der Waals surface area contributed by atoms with Gasteiger partial charge >= 0.3 is 0 Å². The Hall–Kier alpha value is -2.70. The summed E-state index contributed by atoms with van der Waals surface area (Å²) in [5.74, 6) is 3.20. The molecule has 0 amide bonds. The number of fused-ring (bicyclic) bond motifs is 1. The highest BCUT2D eigenvalue weighted by Crippen LogP contribution is 2.31. The van der Waals surface area contributed by atoms with E-state index < -0.39 is 0 Å². The zero-order valence-electron chi connectivity index (χ0n) is 14.9. The predicted octanol–water partition coefficient (Wildman–Crippen LogP) is 2.51. The number of nitrogens with one attached hydrogen (secondary N) is 1. The quantitative estimate of drug-likeness (QED) is 0.791. The van der Waals surface area contributed by atoms with Crippen LogP contribution in [0.15, 0.2) is 24.5 Å². The van der Waals surface area contributed by atoms with Gasteiger partial charge in [-0.2, -0.15) is 4.98 Å². The Morgan fingerprint density at radius 3 is 2.68 bits per heavy atom. The summed E-state index contributed by atoms with van der Waals surface area (Å²) in [6, 6.07) is 6.34. The van der Waals surface area contributed by atoms with Gasteiger partial charge in [-0.3, -0.25) is 5.10 Å². The molecular formula is C18H23N7. The molecule has 1 N–H and O–H groups in total. The first kappa shape index (κ1) is 15.8. The molecule has 3 heterocycles. The van der Waals surface area contributed by atoms with Gasteiger partial charge in [-0.1, -0.05) is 11.6 Å². The lowest BCUT2D eigenvalue weighted by Gasteiger charge is -2.32. The maximum Gasteiger partial charge on any atom is 0.244 e. The van der Waals surface area contributed by atoms with Crippen LogP contribution in [0.5, 0.6) is 0 Å². The van der Waals surface area contributed by atoms with Crippen LogP contribution in [0.3, 0.4) is 0 Å². The third-order valence-electron chi connectivity index (χ3n) is 4.84. The molecule has 0 radical (unpaired) electrons. The van der Waals surface area contributed by atoms with Gasteiger partial charge in [0.15, 0.2) is 0 Å². The molecule has 0 unspecified atom stereocenters. The summed E-state index contributed by atoms with van der Waals surface area (Å²) in [4.78, 5) is 17.9. The summed E-state index contributed by atoms with van der Waals surface area (Å²) in [6.07, 6.45) is 3.75. The van der Waals surface area contributed by atoms with Crippen molar-refractivity contribution in [2.24, 2.45) is 0 Å². The monoisotopic (exact) mass is 337 g/mol. The van der Waals surface area contributed by atoms with E-state index in [-0.39, 0.29) is 0 Å². The van der Waals surface area contributed by atoms with Gasteiger partial charge in [0.05, 0.1) is 5.52 Å². The number of aryl methyl sites for hydroxylation is 1. The smallest absolute Gasteiger partial charge is 0.244 e. The summed E-state index contributed by atoms with van der Waals surface area (Å²) in [7, 11) is 3.91. The van der Waals surface area contributed by atoms with Crippen molar-refractivity contribution in [3.05, 3.63) is 35.9 Å². The van der Waals surface area contributed by atoms with Crippen LogP contribution in [-0.2, 0) is 0 Å². The minimum Gasteiger partial charge on any atom is -0.356 e. The van der Waals surface area contributed by atoms with Crippen LogP contribution in [-0.4, -0.2) is 52.3 Å². The molecule has 1 saturated heterocycles. The van der Waals surface area contributed by atoms with Gasteiger partial charge < -0.3 is 9.80 Å². The average molecular weight is 337 g/mol. The van der Waals surface area contributed by atoms with Gasteiger partial charge in [0.25, 0.3) is 0 Å². The second-order valence-corrected chi connectivity index (χ2v) is 6.89. The summed E-state index contributed by atoms with van der Waals surface area (Å²) >= 11 is 0. The molecule has 4 rings (SSSR count). The number of piperidine rings is 1. The molecular weight excluding hydrogens is 314 g/mol. The highest BCUT2D eigenvalue weighted by atomic mass is 15.3. The molecule has 0 aliphatic carbocycles. The van der Waals surface area contributed by atoms with Crippen LogP contribution in [0, 0.1) is 6.92 Å². The third kappa shape index (κ3) is 3.01. The van der Waals surface area contributed by atoms with Gasteiger partial charge in [0.2, 0.25) is 5.95 Å². The van der Waals surface area contributed by atoms with E-state index in [0.29, 0.717) is 5.92 Å². The largest absolute Gasteiger partial charge is 0.356 e. The van der Waals surface area contributed by atoms with Crippen molar-refractivity contribution in [1.29, 1.82) is 0 Å². The zero-order chi connectivity index (χ0) is 17.4. The normalized spacial score (nSPS) is 15.7. The van der Waals surface area contributed by atoms with Crippen molar-refractivity contribution in [2.45, 2.75) is 25.7 Å². The molecule has 1 aromatic carbocycles. The van der Waals surface area contributed by atoms with Crippen molar-refractivity contribution in [1.82, 2.24) is 25.1 Å². The molecule has 130 valence electrons. The minimum atomic E-state index is 0.423. The molecule has 3 aromatic rings. The molecule has 1 aliphatic rings. The van der Waals surface area contributed by atoms with E-state index in [9.17, 15) is 0 Å². The lowest BCUT2D eigenvalue weighted by atomic mass is 9.96. The number of H-pyrrole nitrogens is 1. The Kier molecular flexibility index (Phi) is 3.99. The first-order valence-corrected chi connectivity index (χ1v) is 8.68. The van der Waals surface area contributed by atoms with Crippen LogP contribution in [0.2, 0.25) is 0 Å². The van der Waals surface area contributed by atoms with Crippen LogP contribution < -0.4 is 9.80 Å². The van der Waals surface area contributed by atoms with Gasteiger partial charge in [-0.05, 0) is 31.9 Å². The fourth-order valence-electron chi connectivity index (χ4n) is 3.42. The molecule has 0 atom stereocenters. The zero-order valence-corrected chi connectivity index (χ0v) is 14.9. The molecule has 1 fully saturated rings. The Labute approximate surface area is 147 Å². The predicted molar refractivity (Wildman–Crippen MR) is 99.2 cm³/mol. The lowest BCUT2D eigenvalue weighted by molar-refractivity contribution is 0.485. The number of benzene rings is 1. The van der Waals surface area contributed by atoms with Crippen molar-refractivity contribution >= 4 is 22.7 Å². The molecule has 0 bridgehead atoms. The van der Waals surface area contributed by atoms with Crippen molar-refractivity contribution in [3.63, 3.8) is 0 Å². The Morgan fingerprint density at radius 2 is 1.96 bits per heavy atom.